The van der Waals surface area contributed by atoms with Gasteiger partial charge in [0.15, 0.2) is 0 Å². The topological polar surface area (TPSA) is 99.2 Å². The number of piperazine rings is 1. The fourth-order valence-corrected chi connectivity index (χ4v) is 6.52. The third-order valence-electron chi connectivity index (χ3n) is 8.83. The molecule has 234 valence electrons. The number of benzene rings is 3. The Balaban J connectivity index is 1.43. The van der Waals surface area contributed by atoms with Crippen molar-refractivity contribution in [2.75, 3.05) is 32.8 Å². The first-order valence-corrected chi connectivity index (χ1v) is 15.5. The number of ether oxygens (including phenoxy) is 1. The monoisotopic (exact) mass is 607 g/mol. The van der Waals surface area contributed by atoms with Gasteiger partial charge in [-0.15, -0.1) is 0 Å². The van der Waals surface area contributed by atoms with Crippen LogP contribution in [-0.2, 0) is 14.3 Å². The lowest BCUT2D eigenvalue weighted by Gasteiger charge is -2.37. The van der Waals surface area contributed by atoms with E-state index in [1.54, 1.807) is 4.90 Å². The predicted octanol–water partition coefficient (Wildman–Crippen LogP) is 6.13. The summed E-state index contributed by atoms with van der Waals surface area (Å²) in [5.41, 5.74) is 7.44. The molecule has 2 aliphatic heterocycles. The zero-order valence-corrected chi connectivity index (χ0v) is 26.4. The number of carboxylic acid groups (broad SMARTS) is 1. The van der Waals surface area contributed by atoms with E-state index < -0.39 is 18.0 Å². The van der Waals surface area contributed by atoms with Gasteiger partial charge < -0.3 is 25.0 Å². The molecule has 8 heteroatoms. The van der Waals surface area contributed by atoms with Gasteiger partial charge in [0.1, 0.15) is 0 Å². The molecule has 2 N–H and O–H groups in total. The Morgan fingerprint density at radius 1 is 0.800 bits per heavy atom. The Morgan fingerprint density at radius 2 is 1.36 bits per heavy atom. The van der Waals surface area contributed by atoms with Gasteiger partial charge in [0, 0.05) is 49.1 Å². The highest BCUT2D eigenvalue weighted by atomic mass is 16.5. The van der Waals surface area contributed by atoms with Crippen LogP contribution in [0, 0.1) is 13.8 Å². The number of dihydropyridines is 1. The average Bonchev–Trinajstić information content (AvgIpc) is 3.03. The van der Waals surface area contributed by atoms with E-state index in [1.165, 1.54) is 4.90 Å². The molecule has 3 aromatic rings. The number of carbonyl (C=O) groups excluding carboxylic acids is 2. The van der Waals surface area contributed by atoms with Gasteiger partial charge in [-0.2, -0.15) is 0 Å². The standard InChI is InChI=1S/C37H41N3O5/c1-24-15-16-30(25(2)23-24)34-32(35(41)39-18-20-40(21-19-39)37(43)44)26(3)38-27(4)33(34)36(42)45-22-17-31(28-11-7-5-8-12-28)29-13-9-6-10-14-29/h5-16,23,31,34,38H,17-22H2,1-4H3,(H,43,44). The summed E-state index contributed by atoms with van der Waals surface area (Å²) in [6, 6.07) is 26.5. The van der Waals surface area contributed by atoms with Crippen LogP contribution in [0.3, 0.4) is 0 Å². The number of rotatable bonds is 8. The zero-order chi connectivity index (χ0) is 32.1. The Labute approximate surface area is 265 Å². The van der Waals surface area contributed by atoms with Crippen LogP contribution in [0.15, 0.2) is 101 Å². The highest BCUT2D eigenvalue weighted by Gasteiger charge is 2.40. The first kappa shape index (κ1) is 31.6. The summed E-state index contributed by atoms with van der Waals surface area (Å²) < 4.78 is 6.03. The summed E-state index contributed by atoms with van der Waals surface area (Å²) in [5, 5.41) is 12.7. The molecule has 0 aliphatic carbocycles. The minimum atomic E-state index is -0.990. The van der Waals surface area contributed by atoms with Crippen LogP contribution < -0.4 is 5.32 Å². The van der Waals surface area contributed by atoms with Gasteiger partial charge in [-0.25, -0.2) is 9.59 Å². The quantitative estimate of drug-likeness (QED) is 0.299. The molecule has 2 amide bonds. The molecule has 45 heavy (non-hydrogen) atoms. The van der Waals surface area contributed by atoms with Crippen molar-refractivity contribution in [3.8, 4) is 0 Å². The third-order valence-corrected chi connectivity index (χ3v) is 8.83. The van der Waals surface area contributed by atoms with Crippen LogP contribution in [0.2, 0.25) is 0 Å². The van der Waals surface area contributed by atoms with E-state index in [9.17, 15) is 19.5 Å². The number of carbonyl (C=O) groups is 3. The summed E-state index contributed by atoms with van der Waals surface area (Å²) >= 11 is 0. The molecule has 1 atom stereocenters. The van der Waals surface area contributed by atoms with Crippen molar-refractivity contribution in [2.24, 2.45) is 0 Å². The Kier molecular flexibility index (Phi) is 9.71. The molecule has 5 rings (SSSR count). The van der Waals surface area contributed by atoms with Crippen molar-refractivity contribution in [3.63, 3.8) is 0 Å². The molecule has 8 nitrogen and oxygen atoms in total. The normalized spacial score (nSPS) is 17.0. The summed E-state index contributed by atoms with van der Waals surface area (Å²) in [5.74, 6) is -1.25. The maximum absolute atomic E-state index is 14.2. The molecule has 1 saturated heterocycles. The molecule has 1 fully saturated rings. The van der Waals surface area contributed by atoms with Gasteiger partial charge in [-0.3, -0.25) is 4.79 Å². The third kappa shape index (κ3) is 6.95. The molecule has 1 unspecified atom stereocenters. The van der Waals surface area contributed by atoms with E-state index in [1.807, 2.05) is 76.2 Å². The SMILES string of the molecule is CC1=C(C(=O)OCCC(c2ccccc2)c2ccccc2)C(c2ccc(C)cc2C)C(C(=O)N2CCN(C(=O)O)CC2)=C(C)N1. The highest BCUT2D eigenvalue weighted by molar-refractivity contribution is 6.02. The largest absolute Gasteiger partial charge is 0.465 e. The Morgan fingerprint density at radius 3 is 1.91 bits per heavy atom. The summed E-state index contributed by atoms with van der Waals surface area (Å²) in [4.78, 5) is 42.7. The van der Waals surface area contributed by atoms with Gasteiger partial charge >= 0.3 is 12.1 Å². The smallest absolute Gasteiger partial charge is 0.407 e. The molecule has 0 saturated carbocycles. The second-order valence-electron chi connectivity index (χ2n) is 11.9. The first-order chi connectivity index (χ1) is 21.7. The highest BCUT2D eigenvalue weighted by Crippen LogP contribution is 2.41. The fraction of sp³-hybridized carbons (Fsp3) is 0.324. The average molecular weight is 608 g/mol. The minimum absolute atomic E-state index is 0.0543. The van der Waals surface area contributed by atoms with Crippen molar-refractivity contribution in [3.05, 3.63) is 129 Å². The number of aryl methyl sites for hydroxylation is 2. The van der Waals surface area contributed by atoms with Gasteiger partial charge in [-0.05, 0) is 56.4 Å². The maximum Gasteiger partial charge on any atom is 0.407 e. The van der Waals surface area contributed by atoms with E-state index in [4.69, 9.17) is 4.74 Å². The molecule has 2 heterocycles. The number of nitrogens with zero attached hydrogens (tertiary/aromatic N) is 2. The fourth-order valence-electron chi connectivity index (χ4n) is 6.52. The van der Waals surface area contributed by atoms with E-state index in [0.717, 1.165) is 27.8 Å². The van der Waals surface area contributed by atoms with E-state index >= 15 is 0 Å². The molecular formula is C37H41N3O5. The van der Waals surface area contributed by atoms with Crippen molar-refractivity contribution < 1.29 is 24.2 Å². The molecule has 0 spiro atoms. The van der Waals surface area contributed by atoms with Crippen molar-refractivity contribution in [1.29, 1.82) is 0 Å². The number of esters is 1. The van der Waals surface area contributed by atoms with Crippen LogP contribution in [-0.4, -0.2) is 65.7 Å². The lowest BCUT2D eigenvalue weighted by atomic mass is 9.78. The molecule has 2 aliphatic rings. The van der Waals surface area contributed by atoms with Crippen molar-refractivity contribution in [2.45, 2.75) is 46.0 Å². The molecule has 0 bridgehead atoms. The zero-order valence-electron chi connectivity index (χ0n) is 26.4. The van der Waals surface area contributed by atoms with Crippen molar-refractivity contribution >= 4 is 18.0 Å². The van der Waals surface area contributed by atoms with Crippen molar-refractivity contribution in [1.82, 2.24) is 15.1 Å². The minimum Gasteiger partial charge on any atom is -0.465 e. The molecule has 3 aromatic carbocycles. The van der Waals surface area contributed by atoms with Gasteiger partial charge in [0.25, 0.3) is 5.91 Å². The lowest BCUT2D eigenvalue weighted by Crippen LogP contribution is -2.51. The number of amides is 2. The first-order valence-electron chi connectivity index (χ1n) is 15.5. The summed E-state index contributed by atoms with van der Waals surface area (Å²) in [7, 11) is 0. The van der Waals surface area contributed by atoms with E-state index in [2.05, 4.69) is 35.6 Å². The lowest BCUT2D eigenvalue weighted by molar-refractivity contribution is -0.139. The second-order valence-corrected chi connectivity index (χ2v) is 11.9. The number of allylic oxidation sites excluding steroid dienone is 2. The summed E-state index contributed by atoms with van der Waals surface area (Å²) in [6.07, 6.45) is -0.391. The molecular weight excluding hydrogens is 566 g/mol. The van der Waals surface area contributed by atoms with Crippen LogP contribution in [0.4, 0.5) is 4.79 Å². The maximum atomic E-state index is 14.2. The van der Waals surface area contributed by atoms with E-state index in [0.29, 0.717) is 29.0 Å². The van der Waals surface area contributed by atoms with Crippen LogP contribution in [0.5, 0.6) is 0 Å². The van der Waals surface area contributed by atoms with E-state index in [-0.39, 0.29) is 44.6 Å². The number of nitrogens with one attached hydrogen (secondary N) is 1. The van der Waals surface area contributed by atoms with Crippen LogP contribution >= 0.6 is 0 Å². The van der Waals surface area contributed by atoms with Gasteiger partial charge in [0.05, 0.1) is 18.1 Å². The van der Waals surface area contributed by atoms with Gasteiger partial charge in [0.2, 0.25) is 0 Å². The number of hydrogen-bond acceptors (Lipinski definition) is 5. The number of hydrogen-bond donors (Lipinski definition) is 2. The predicted molar refractivity (Wildman–Crippen MR) is 174 cm³/mol. The molecule has 0 radical (unpaired) electrons. The summed E-state index contributed by atoms with van der Waals surface area (Å²) in [6.45, 7) is 8.96. The molecule has 0 aromatic heterocycles. The Bertz CT molecular complexity index is 1580. The Hall–Kier alpha value is -4.85. The van der Waals surface area contributed by atoms with Gasteiger partial charge in [-0.1, -0.05) is 84.4 Å². The second kappa shape index (κ2) is 13.8. The van der Waals surface area contributed by atoms with Crippen LogP contribution in [0.25, 0.3) is 0 Å². The van der Waals surface area contributed by atoms with Crippen LogP contribution in [0.1, 0.15) is 59.9 Å².